The van der Waals surface area contributed by atoms with Crippen molar-refractivity contribution in [3.05, 3.63) is 83.9 Å². The Hall–Kier alpha value is -3.52. The van der Waals surface area contributed by atoms with Gasteiger partial charge in [0.1, 0.15) is 0 Å². The zero-order valence-corrected chi connectivity index (χ0v) is 18.9. The summed E-state index contributed by atoms with van der Waals surface area (Å²) in [5.74, 6) is -0.298. The molecular formula is C24H26N4O3S. The lowest BCUT2D eigenvalue weighted by molar-refractivity contribution is 0.102. The summed E-state index contributed by atoms with van der Waals surface area (Å²) in [6, 6.07) is 21.3. The lowest BCUT2D eigenvalue weighted by atomic mass is 10.1. The van der Waals surface area contributed by atoms with Gasteiger partial charge in [0.25, 0.3) is 5.91 Å². The van der Waals surface area contributed by atoms with Crippen LogP contribution in [0.4, 0.5) is 22.7 Å². The molecule has 1 amide bonds. The Labute approximate surface area is 188 Å². The molecule has 0 aromatic heterocycles. The summed E-state index contributed by atoms with van der Waals surface area (Å²) in [4.78, 5) is 12.4. The van der Waals surface area contributed by atoms with E-state index in [0.29, 0.717) is 22.6 Å². The number of azo groups is 1. The summed E-state index contributed by atoms with van der Waals surface area (Å²) in [5.41, 5.74) is 4.19. The highest BCUT2D eigenvalue weighted by molar-refractivity contribution is 7.92. The van der Waals surface area contributed by atoms with Crippen molar-refractivity contribution in [1.82, 2.24) is 0 Å². The van der Waals surface area contributed by atoms with Crippen LogP contribution in [0.25, 0.3) is 0 Å². The fourth-order valence-electron chi connectivity index (χ4n) is 2.94. The van der Waals surface area contributed by atoms with Crippen molar-refractivity contribution in [2.75, 3.05) is 16.3 Å². The quantitative estimate of drug-likeness (QED) is 0.387. The van der Waals surface area contributed by atoms with Crippen LogP contribution in [0.1, 0.15) is 35.7 Å². The smallest absolute Gasteiger partial charge is 0.255 e. The van der Waals surface area contributed by atoms with Gasteiger partial charge in [-0.15, -0.1) is 0 Å². The van der Waals surface area contributed by atoms with Crippen LogP contribution >= 0.6 is 0 Å². The molecule has 0 heterocycles. The van der Waals surface area contributed by atoms with E-state index in [9.17, 15) is 13.2 Å². The molecule has 7 nitrogen and oxygen atoms in total. The van der Waals surface area contributed by atoms with E-state index in [-0.39, 0.29) is 5.91 Å². The van der Waals surface area contributed by atoms with Gasteiger partial charge in [0.2, 0.25) is 10.0 Å². The van der Waals surface area contributed by atoms with Gasteiger partial charge >= 0.3 is 0 Å². The lowest BCUT2D eigenvalue weighted by Gasteiger charge is -2.07. The fourth-order valence-corrected chi connectivity index (χ4v) is 3.51. The predicted octanol–water partition coefficient (Wildman–Crippen LogP) is 6.07. The van der Waals surface area contributed by atoms with Crippen molar-refractivity contribution >= 4 is 38.7 Å². The summed E-state index contributed by atoms with van der Waals surface area (Å²) in [6.45, 7) is 2.18. The molecule has 0 saturated heterocycles. The molecule has 3 rings (SSSR count). The third kappa shape index (κ3) is 7.31. The molecule has 0 spiro atoms. The second-order valence-electron chi connectivity index (χ2n) is 7.42. The van der Waals surface area contributed by atoms with Gasteiger partial charge in [0.15, 0.2) is 0 Å². The lowest BCUT2D eigenvalue weighted by Crippen LogP contribution is -2.12. The van der Waals surface area contributed by atoms with Crippen molar-refractivity contribution < 1.29 is 13.2 Å². The molecule has 166 valence electrons. The zero-order chi connectivity index (χ0) is 23.0. The van der Waals surface area contributed by atoms with E-state index in [1.54, 1.807) is 36.4 Å². The second kappa shape index (κ2) is 10.7. The van der Waals surface area contributed by atoms with Gasteiger partial charge in [-0.1, -0.05) is 25.5 Å². The van der Waals surface area contributed by atoms with E-state index in [2.05, 4.69) is 39.3 Å². The molecule has 0 saturated carbocycles. The number of hydrogen-bond donors (Lipinski definition) is 2. The van der Waals surface area contributed by atoms with Crippen LogP contribution in [0, 0.1) is 0 Å². The molecule has 0 unspecified atom stereocenters. The SMILES string of the molecule is CCCCc1ccc(N=Nc2ccc(NC(=O)c3ccc(NS(C)(=O)=O)cc3)cc2)cc1. The van der Waals surface area contributed by atoms with Crippen LogP contribution < -0.4 is 10.0 Å². The minimum absolute atomic E-state index is 0.298. The largest absolute Gasteiger partial charge is 0.322 e. The molecule has 0 radical (unpaired) electrons. The number of aryl methyl sites for hydroxylation is 1. The van der Waals surface area contributed by atoms with Crippen LogP contribution in [-0.4, -0.2) is 20.6 Å². The number of amides is 1. The minimum atomic E-state index is -3.36. The molecule has 32 heavy (non-hydrogen) atoms. The van der Waals surface area contributed by atoms with Gasteiger partial charge in [-0.2, -0.15) is 10.2 Å². The summed E-state index contributed by atoms with van der Waals surface area (Å²) in [6.07, 6.45) is 4.49. The average molecular weight is 451 g/mol. The van der Waals surface area contributed by atoms with Crippen LogP contribution in [0.5, 0.6) is 0 Å². The van der Waals surface area contributed by atoms with Gasteiger partial charge in [-0.3, -0.25) is 9.52 Å². The van der Waals surface area contributed by atoms with Crippen LogP contribution in [0.15, 0.2) is 83.0 Å². The van der Waals surface area contributed by atoms with Crippen molar-refractivity contribution in [2.45, 2.75) is 26.2 Å². The molecule has 2 N–H and O–H groups in total. The number of nitrogens with one attached hydrogen (secondary N) is 2. The number of sulfonamides is 1. The number of hydrogen-bond acceptors (Lipinski definition) is 5. The first kappa shape index (κ1) is 23.1. The minimum Gasteiger partial charge on any atom is -0.322 e. The molecule has 0 atom stereocenters. The Bertz CT molecular complexity index is 1170. The Morgan fingerprint density at radius 2 is 1.34 bits per heavy atom. The number of nitrogens with zero attached hydrogens (tertiary/aromatic N) is 2. The fraction of sp³-hybridized carbons (Fsp3) is 0.208. The molecule has 0 aliphatic heterocycles. The van der Waals surface area contributed by atoms with Gasteiger partial charge in [-0.25, -0.2) is 8.42 Å². The topological polar surface area (TPSA) is 100.0 Å². The first-order valence-corrected chi connectivity index (χ1v) is 12.2. The number of anilines is 2. The van der Waals surface area contributed by atoms with E-state index in [1.165, 1.54) is 30.5 Å². The standard InChI is InChI=1S/C24H26N4O3S/c1-3-4-5-18-6-10-21(11-7-18)26-27-22-16-14-20(15-17-22)25-24(29)19-8-12-23(13-9-19)28-32(2,30)31/h6-17,28H,3-5H2,1-2H3,(H,25,29). The van der Waals surface area contributed by atoms with E-state index < -0.39 is 10.0 Å². The molecule has 8 heteroatoms. The number of benzene rings is 3. The second-order valence-corrected chi connectivity index (χ2v) is 9.17. The molecule has 3 aromatic carbocycles. The normalized spacial score (nSPS) is 11.4. The van der Waals surface area contributed by atoms with Gasteiger partial charge < -0.3 is 5.32 Å². The van der Waals surface area contributed by atoms with Crippen molar-refractivity contribution in [2.24, 2.45) is 10.2 Å². The van der Waals surface area contributed by atoms with Gasteiger partial charge in [-0.05, 0) is 79.1 Å². The summed E-state index contributed by atoms with van der Waals surface area (Å²) >= 11 is 0. The van der Waals surface area contributed by atoms with Crippen LogP contribution in [0.3, 0.4) is 0 Å². The Morgan fingerprint density at radius 1 is 0.812 bits per heavy atom. The zero-order valence-electron chi connectivity index (χ0n) is 18.1. The van der Waals surface area contributed by atoms with Crippen LogP contribution in [-0.2, 0) is 16.4 Å². The molecule has 0 aliphatic rings. The highest BCUT2D eigenvalue weighted by Gasteiger charge is 2.07. The third-order valence-corrected chi connectivity index (χ3v) is 5.22. The number of carbonyl (C=O) groups excluding carboxylic acids is 1. The summed E-state index contributed by atoms with van der Waals surface area (Å²) in [5, 5.41) is 11.3. The maximum Gasteiger partial charge on any atom is 0.255 e. The molecule has 0 fully saturated rings. The summed E-state index contributed by atoms with van der Waals surface area (Å²) < 4.78 is 24.9. The van der Waals surface area contributed by atoms with Gasteiger partial charge in [0.05, 0.1) is 17.6 Å². The Kier molecular flexibility index (Phi) is 7.72. The first-order chi connectivity index (χ1) is 15.3. The number of carbonyl (C=O) groups is 1. The molecule has 0 aliphatic carbocycles. The van der Waals surface area contributed by atoms with Crippen LogP contribution in [0.2, 0.25) is 0 Å². The highest BCUT2D eigenvalue weighted by Crippen LogP contribution is 2.21. The first-order valence-electron chi connectivity index (χ1n) is 10.3. The average Bonchev–Trinajstić information content (AvgIpc) is 2.77. The monoisotopic (exact) mass is 450 g/mol. The number of unbranched alkanes of at least 4 members (excludes halogenated alkanes) is 1. The van der Waals surface area contributed by atoms with Crippen molar-refractivity contribution in [3.8, 4) is 0 Å². The number of rotatable bonds is 9. The predicted molar refractivity (Wildman–Crippen MR) is 129 cm³/mol. The van der Waals surface area contributed by atoms with E-state index >= 15 is 0 Å². The maximum absolute atomic E-state index is 12.4. The van der Waals surface area contributed by atoms with E-state index in [1.807, 2.05) is 12.1 Å². The van der Waals surface area contributed by atoms with Gasteiger partial charge in [0, 0.05) is 16.9 Å². The maximum atomic E-state index is 12.4. The van der Waals surface area contributed by atoms with E-state index in [4.69, 9.17) is 0 Å². The molecule has 0 bridgehead atoms. The molecule has 3 aromatic rings. The Balaban J connectivity index is 1.57. The van der Waals surface area contributed by atoms with Crippen molar-refractivity contribution in [3.63, 3.8) is 0 Å². The molecular weight excluding hydrogens is 424 g/mol. The third-order valence-electron chi connectivity index (χ3n) is 4.61. The summed E-state index contributed by atoms with van der Waals surface area (Å²) in [7, 11) is -3.36. The Morgan fingerprint density at radius 3 is 1.88 bits per heavy atom. The highest BCUT2D eigenvalue weighted by atomic mass is 32.2. The van der Waals surface area contributed by atoms with E-state index in [0.717, 1.165) is 18.4 Å². The van der Waals surface area contributed by atoms with Crippen molar-refractivity contribution in [1.29, 1.82) is 0 Å².